The van der Waals surface area contributed by atoms with Gasteiger partial charge in [0.15, 0.2) is 0 Å². The molecule has 118 valence electrons. The lowest BCUT2D eigenvalue weighted by Crippen LogP contribution is -2.40. The molecule has 0 heterocycles. The topological polar surface area (TPSA) is 72.2 Å². The molecule has 21 heavy (non-hydrogen) atoms. The summed E-state index contributed by atoms with van der Waals surface area (Å²) in [7, 11) is -3.53. The van der Waals surface area contributed by atoms with Crippen LogP contribution >= 0.6 is 11.6 Å². The summed E-state index contributed by atoms with van der Waals surface area (Å²) < 4.78 is 27.7. The fraction of sp³-hybridized carbons (Fsp3) is 0.600. The lowest BCUT2D eigenvalue weighted by molar-refractivity contribution is 0.212. The van der Waals surface area contributed by atoms with Gasteiger partial charge in [0, 0.05) is 17.6 Å². The van der Waals surface area contributed by atoms with Crippen molar-refractivity contribution in [3.05, 3.63) is 28.8 Å². The van der Waals surface area contributed by atoms with Gasteiger partial charge in [-0.25, -0.2) is 13.1 Å². The van der Waals surface area contributed by atoms with Gasteiger partial charge < -0.3 is 5.73 Å². The minimum absolute atomic E-state index is 0.00768. The van der Waals surface area contributed by atoms with E-state index >= 15 is 0 Å². The molecule has 4 nitrogen and oxygen atoms in total. The highest BCUT2D eigenvalue weighted by Gasteiger charge is 2.30. The molecule has 1 saturated carbocycles. The van der Waals surface area contributed by atoms with E-state index in [0.29, 0.717) is 11.6 Å². The summed E-state index contributed by atoms with van der Waals surface area (Å²) >= 11 is 6.05. The molecule has 0 aliphatic heterocycles. The van der Waals surface area contributed by atoms with Crippen molar-refractivity contribution in [2.45, 2.75) is 57.0 Å². The Hall–Kier alpha value is -0.620. The van der Waals surface area contributed by atoms with E-state index in [1.165, 1.54) is 6.07 Å². The van der Waals surface area contributed by atoms with Crippen molar-refractivity contribution >= 4 is 21.6 Å². The van der Waals surface area contributed by atoms with E-state index in [4.69, 9.17) is 17.3 Å². The molecule has 0 aromatic heterocycles. The average molecular weight is 331 g/mol. The predicted octanol–water partition coefficient (Wildman–Crippen LogP) is 3.05. The Balaban J connectivity index is 2.17. The molecule has 0 bridgehead atoms. The molecule has 0 saturated heterocycles. The van der Waals surface area contributed by atoms with Crippen LogP contribution in [0.15, 0.2) is 23.1 Å². The lowest BCUT2D eigenvalue weighted by Gasteiger charge is -2.35. The summed E-state index contributed by atoms with van der Waals surface area (Å²) in [5.74, 6) is 0. The Bertz CT molecular complexity index is 614. The van der Waals surface area contributed by atoms with Crippen LogP contribution in [-0.4, -0.2) is 14.5 Å². The van der Waals surface area contributed by atoms with Crippen LogP contribution in [0.4, 0.5) is 0 Å². The van der Waals surface area contributed by atoms with Gasteiger partial charge in [-0.1, -0.05) is 37.9 Å². The number of sulfonamides is 1. The molecular weight excluding hydrogens is 308 g/mol. The molecule has 3 N–H and O–H groups in total. The zero-order valence-corrected chi connectivity index (χ0v) is 14.1. The van der Waals surface area contributed by atoms with Crippen LogP contribution in [0.3, 0.4) is 0 Å². The minimum atomic E-state index is -3.53. The zero-order chi connectivity index (χ0) is 15.7. The van der Waals surface area contributed by atoms with Gasteiger partial charge in [-0.15, -0.1) is 0 Å². The Morgan fingerprint density at radius 1 is 1.43 bits per heavy atom. The van der Waals surface area contributed by atoms with Gasteiger partial charge >= 0.3 is 0 Å². The quantitative estimate of drug-likeness (QED) is 0.891. The van der Waals surface area contributed by atoms with E-state index in [1.807, 2.05) is 0 Å². The number of hydrogen-bond donors (Lipinski definition) is 2. The summed E-state index contributed by atoms with van der Waals surface area (Å²) in [6, 6.07) is 4.69. The van der Waals surface area contributed by atoms with Crippen LogP contribution in [0.1, 0.15) is 45.1 Å². The Morgan fingerprint density at radius 2 is 2.14 bits per heavy atom. The van der Waals surface area contributed by atoms with Crippen LogP contribution in [0.25, 0.3) is 0 Å². The Labute approximate surface area is 132 Å². The zero-order valence-electron chi connectivity index (χ0n) is 12.5. The molecular formula is C15H23ClN2O2S. The van der Waals surface area contributed by atoms with Gasteiger partial charge in [0.2, 0.25) is 10.0 Å². The first-order chi connectivity index (χ1) is 9.73. The third kappa shape index (κ3) is 4.19. The van der Waals surface area contributed by atoms with Crippen LogP contribution in [-0.2, 0) is 16.6 Å². The highest BCUT2D eigenvalue weighted by atomic mass is 35.5. The molecule has 0 spiro atoms. The van der Waals surface area contributed by atoms with Crippen LogP contribution < -0.4 is 10.5 Å². The Kier molecular flexibility index (Phi) is 4.98. The van der Waals surface area contributed by atoms with Crippen molar-refractivity contribution in [3.8, 4) is 0 Å². The molecule has 0 radical (unpaired) electrons. The SMILES string of the molecule is CC1(C)CCCC(NS(=O)(=O)c2ccc(CN)c(Cl)c2)C1. The van der Waals surface area contributed by atoms with Gasteiger partial charge in [-0.05, 0) is 42.4 Å². The first-order valence-electron chi connectivity index (χ1n) is 7.24. The van der Waals surface area contributed by atoms with E-state index in [1.54, 1.807) is 12.1 Å². The highest BCUT2D eigenvalue weighted by Crippen LogP contribution is 2.35. The van der Waals surface area contributed by atoms with E-state index < -0.39 is 10.0 Å². The number of nitrogens with one attached hydrogen (secondary N) is 1. The molecule has 1 fully saturated rings. The van der Waals surface area contributed by atoms with Gasteiger partial charge in [0.1, 0.15) is 0 Å². The number of benzene rings is 1. The highest BCUT2D eigenvalue weighted by molar-refractivity contribution is 7.89. The first kappa shape index (κ1) is 16.7. The number of nitrogens with two attached hydrogens (primary N) is 1. The largest absolute Gasteiger partial charge is 0.326 e. The second kappa shape index (κ2) is 6.24. The molecule has 1 aliphatic carbocycles. The van der Waals surface area contributed by atoms with Crippen LogP contribution in [0, 0.1) is 5.41 Å². The summed E-state index contributed by atoms with van der Waals surface area (Å²) in [6.07, 6.45) is 3.94. The smallest absolute Gasteiger partial charge is 0.240 e. The standard InChI is InChI=1S/C15H23ClN2O2S/c1-15(2)7-3-4-12(9-15)18-21(19,20)13-6-5-11(10-17)14(16)8-13/h5-6,8,12,18H,3-4,7,9-10,17H2,1-2H3. The van der Waals surface area contributed by atoms with Gasteiger partial charge in [-0.3, -0.25) is 0 Å². The second-order valence-electron chi connectivity index (χ2n) is 6.54. The van der Waals surface area contributed by atoms with E-state index in [9.17, 15) is 8.42 Å². The lowest BCUT2D eigenvalue weighted by atomic mass is 9.75. The maximum absolute atomic E-state index is 12.5. The summed E-state index contributed by atoms with van der Waals surface area (Å²) in [5.41, 5.74) is 6.47. The van der Waals surface area contributed by atoms with Crippen LogP contribution in [0.5, 0.6) is 0 Å². The van der Waals surface area contributed by atoms with Crippen molar-refractivity contribution in [1.82, 2.24) is 4.72 Å². The minimum Gasteiger partial charge on any atom is -0.326 e. The normalized spacial score (nSPS) is 22.2. The summed E-state index contributed by atoms with van der Waals surface area (Å²) in [5, 5.41) is 0.393. The number of hydrogen-bond acceptors (Lipinski definition) is 3. The Morgan fingerprint density at radius 3 is 2.71 bits per heavy atom. The molecule has 1 unspecified atom stereocenters. The van der Waals surface area contributed by atoms with Crippen LogP contribution in [0.2, 0.25) is 5.02 Å². The molecule has 1 aromatic carbocycles. The monoisotopic (exact) mass is 330 g/mol. The molecule has 2 rings (SSSR count). The first-order valence-corrected chi connectivity index (χ1v) is 9.10. The van der Waals surface area contributed by atoms with Crippen molar-refractivity contribution in [2.75, 3.05) is 0 Å². The van der Waals surface area contributed by atoms with E-state index in [2.05, 4.69) is 18.6 Å². The number of rotatable bonds is 4. The van der Waals surface area contributed by atoms with E-state index in [-0.39, 0.29) is 16.4 Å². The molecule has 6 heteroatoms. The molecule has 1 atom stereocenters. The summed E-state index contributed by atoms with van der Waals surface area (Å²) in [4.78, 5) is 0.202. The van der Waals surface area contributed by atoms with Gasteiger partial charge in [0.25, 0.3) is 0 Å². The predicted molar refractivity (Wildman–Crippen MR) is 85.7 cm³/mol. The molecule has 0 amide bonds. The number of halogens is 1. The van der Waals surface area contributed by atoms with Crippen molar-refractivity contribution in [1.29, 1.82) is 0 Å². The second-order valence-corrected chi connectivity index (χ2v) is 8.66. The maximum atomic E-state index is 12.5. The molecule has 1 aromatic rings. The van der Waals surface area contributed by atoms with Crippen molar-refractivity contribution in [2.24, 2.45) is 11.1 Å². The summed E-state index contributed by atoms with van der Waals surface area (Å²) in [6.45, 7) is 4.66. The van der Waals surface area contributed by atoms with Gasteiger partial charge in [0.05, 0.1) is 4.90 Å². The molecule has 1 aliphatic rings. The van der Waals surface area contributed by atoms with Crippen molar-refractivity contribution < 1.29 is 8.42 Å². The van der Waals surface area contributed by atoms with E-state index in [0.717, 1.165) is 31.2 Å². The third-order valence-corrected chi connectivity index (χ3v) is 5.95. The fourth-order valence-electron chi connectivity index (χ4n) is 2.95. The third-order valence-electron chi connectivity index (χ3n) is 4.08. The maximum Gasteiger partial charge on any atom is 0.240 e. The fourth-order valence-corrected chi connectivity index (χ4v) is 4.57. The average Bonchev–Trinajstić information content (AvgIpc) is 2.36. The van der Waals surface area contributed by atoms with Gasteiger partial charge in [-0.2, -0.15) is 0 Å². The van der Waals surface area contributed by atoms with Crippen molar-refractivity contribution in [3.63, 3.8) is 0 Å².